The average Bonchev–Trinajstić information content (AvgIpc) is 2.62. The van der Waals surface area contributed by atoms with Crippen molar-refractivity contribution in [3.8, 4) is 22.5 Å². The highest BCUT2D eigenvalue weighted by Gasteiger charge is 2.10. The fourth-order valence-corrected chi connectivity index (χ4v) is 2.54. The molecule has 0 spiro atoms. The van der Waals surface area contributed by atoms with Crippen molar-refractivity contribution in [1.82, 2.24) is 15.0 Å². The first-order valence-electron chi connectivity index (χ1n) is 7.34. The van der Waals surface area contributed by atoms with Gasteiger partial charge in [0.05, 0.1) is 16.9 Å². The van der Waals surface area contributed by atoms with Crippen molar-refractivity contribution in [2.45, 2.75) is 0 Å². The summed E-state index contributed by atoms with van der Waals surface area (Å²) in [6, 6.07) is 15.9. The highest BCUT2D eigenvalue weighted by molar-refractivity contribution is 5.90. The number of nitrogens with zero attached hydrogens (tertiary/aromatic N) is 3. The Balaban J connectivity index is 1.90. The number of fused-ring (bicyclic) bond motifs is 1. The van der Waals surface area contributed by atoms with Crippen LogP contribution >= 0.6 is 0 Å². The molecule has 4 aromatic rings. The van der Waals surface area contributed by atoms with E-state index in [9.17, 15) is 8.78 Å². The number of benzene rings is 2. The van der Waals surface area contributed by atoms with Crippen LogP contribution in [0.3, 0.4) is 0 Å². The Morgan fingerprint density at radius 1 is 0.625 bits per heavy atom. The summed E-state index contributed by atoms with van der Waals surface area (Å²) in [6.45, 7) is 0. The van der Waals surface area contributed by atoms with Gasteiger partial charge in [0.1, 0.15) is 23.5 Å². The third-order valence-electron chi connectivity index (χ3n) is 3.74. The van der Waals surface area contributed by atoms with Gasteiger partial charge in [0.15, 0.2) is 0 Å². The molecule has 2 aromatic heterocycles. The zero-order chi connectivity index (χ0) is 16.5. The van der Waals surface area contributed by atoms with Crippen molar-refractivity contribution in [2.75, 3.05) is 0 Å². The molecule has 3 nitrogen and oxygen atoms in total. The van der Waals surface area contributed by atoms with Gasteiger partial charge in [-0.2, -0.15) is 0 Å². The minimum absolute atomic E-state index is 0.296. The zero-order valence-corrected chi connectivity index (χ0v) is 12.4. The fourth-order valence-electron chi connectivity index (χ4n) is 2.54. The van der Waals surface area contributed by atoms with Crippen molar-refractivity contribution in [3.63, 3.8) is 0 Å². The quantitative estimate of drug-likeness (QED) is 0.540. The largest absolute Gasteiger partial charge is 0.244 e. The normalized spacial score (nSPS) is 10.9. The molecule has 24 heavy (non-hydrogen) atoms. The molecule has 4 rings (SSSR count). The molecule has 0 aliphatic rings. The molecule has 0 radical (unpaired) electrons. The first-order valence-corrected chi connectivity index (χ1v) is 7.34. The smallest absolute Gasteiger partial charge is 0.123 e. The van der Waals surface area contributed by atoms with Crippen LogP contribution in [0.5, 0.6) is 0 Å². The third kappa shape index (κ3) is 2.60. The first-order chi connectivity index (χ1) is 11.7. The molecule has 0 saturated heterocycles. The standard InChI is InChI=1S/C19H11F2N3/c20-14-5-1-12(2-6-14)16-9-10-17-19(24-16)18(23-11-22-17)13-3-7-15(21)8-4-13/h1-11H. The SMILES string of the molecule is Fc1ccc(-c2ccc3ncnc(-c4ccc(F)cc4)c3n2)cc1. The Kier molecular flexibility index (Phi) is 3.46. The molecule has 0 aliphatic heterocycles. The van der Waals surface area contributed by atoms with Gasteiger partial charge in [-0.3, -0.25) is 0 Å². The second kappa shape index (κ2) is 5.77. The maximum atomic E-state index is 13.2. The van der Waals surface area contributed by atoms with Crippen molar-refractivity contribution in [3.05, 3.63) is 78.6 Å². The molecular formula is C19H11F2N3. The predicted octanol–water partition coefficient (Wildman–Crippen LogP) is 4.64. The minimum Gasteiger partial charge on any atom is -0.244 e. The van der Waals surface area contributed by atoms with Crippen LogP contribution in [0.2, 0.25) is 0 Å². The predicted molar refractivity (Wildman–Crippen MR) is 88.1 cm³/mol. The van der Waals surface area contributed by atoms with E-state index in [-0.39, 0.29) is 11.6 Å². The minimum atomic E-state index is -0.308. The van der Waals surface area contributed by atoms with E-state index in [1.54, 1.807) is 24.3 Å². The summed E-state index contributed by atoms with van der Waals surface area (Å²) < 4.78 is 26.3. The highest BCUT2D eigenvalue weighted by atomic mass is 19.1. The van der Waals surface area contributed by atoms with E-state index < -0.39 is 0 Å². The summed E-state index contributed by atoms with van der Waals surface area (Å²) in [6.07, 6.45) is 1.46. The summed E-state index contributed by atoms with van der Waals surface area (Å²) >= 11 is 0. The van der Waals surface area contributed by atoms with Gasteiger partial charge >= 0.3 is 0 Å². The number of rotatable bonds is 2. The molecule has 0 amide bonds. The van der Waals surface area contributed by atoms with Crippen LogP contribution in [-0.2, 0) is 0 Å². The average molecular weight is 319 g/mol. The molecule has 2 heterocycles. The Morgan fingerprint density at radius 2 is 1.25 bits per heavy atom. The van der Waals surface area contributed by atoms with E-state index in [1.165, 1.54) is 30.6 Å². The molecule has 0 atom stereocenters. The Morgan fingerprint density at radius 3 is 1.92 bits per heavy atom. The second-order valence-corrected chi connectivity index (χ2v) is 5.30. The number of halogens is 2. The number of pyridine rings is 1. The number of hydrogen-bond donors (Lipinski definition) is 0. The van der Waals surface area contributed by atoms with Gasteiger partial charge in [-0.25, -0.2) is 23.7 Å². The van der Waals surface area contributed by atoms with Crippen molar-refractivity contribution in [1.29, 1.82) is 0 Å². The van der Waals surface area contributed by atoms with Crippen LogP contribution in [0, 0.1) is 11.6 Å². The Labute approximate surface area is 136 Å². The maximum Gasteiger partial charge on any atom is 0.123 e. The molecule has 5 heteroatoms. The lowest BCUT2D eigenvalue weighted by molar-refractivity contribution is 0.627. The zero-order valence-electron chi connectivity index (χ0n) is 12.4. The summed E-state index contributed by atoms with van der Waals surface area (Å²) in [7, 11) is 0. The summed E-state index contributed by atoms with van der Waals surface area (Å²) in [4.78, 5) is 13.2. The molecule has 2 aromatic carbocycles. The topological polar surface area (TPSA) is 38.7 Å². The van der Waals surface area contributed by atoms with Gasteiger partial charge in [0.2, 0.25) is 0 Å². The van der Waals surface area contributed by atoms with Gasteiger partial charge in [-0.05, 0) is 60.7 Å². The molecule has 116 valence electrons. The molecule has 0 saturated carbocycles. The van der Waals surface area contributed by atoms with E-state index in [0.717, 1.165) is 11.1 Å². The molecule has 0 N–H and O–H groups in total. The second-order valence-electron chi connectivity index (χ2n) is 5.30. The van der Waals surface area contributed by atoms with Gasteiger partial charge in [0.25, 0.3) is 0 Å². The van der Waals surface area contributed by atoms with Crippen LogP contribution in [0.15, 0.2) is 67.0 Å². The van der Waals surface area contributed by atoms with Crippen molar-refractivity contribution >= 4 is 11.0 Å². The van der Waals surface area contributed by atoms with Crippen LogP contribution in [-0.4, -0.2) is 15.0 Å². The lowest BCUT2D eigenvalue weighted by atomic mass is 10.1. The van der Waals surface area contributed by atoms with Gasteiger partial charge < -0.3 is 0 Å². The highest BCUT2D eigenvalue weighted by Crippen LogP contribution is 2.27. The monoisotopic (exact) mass is 319 g/mol. The summed E-state index contributed by atoms with van der Waals surface area (Å²) in [5, 5.41) is 0. The molecule has 0 unspecified atom stereocenters. The Bertz CT molecular complexity index is 1010. The molecule has 0 bridgehead atoms. The van der Waals surface area contributed by atoms with Crippen LogP contribution in [0.1, 0.15) is 0 Å². The first kappa shape index (κ1) is 14.4. The van der Waals surface area contributed by atoms with E-state index in [1.807, 2.05) is 12.1 Å². The molecule has 0 fully saturated rings. The summed E-state index contributed by atoms with van der Waals surface area (Å²) in [5.74, 6) is -0.605. The number of aromatic nitrogens is 3. The van der Waals surface area contributed by atoms with Gasteiger partial charge in [0, 0.05) is 11.1 Å². The van der Waals surface area contributed by atoms with E-state index in [2.05, 4.69) is 15.0 Å². The third-order valence-corrected chi connectivity index (χ3v) is 3.74. The summed E-state index contributed by atoms with van der Waals surface area (Å²) in [5.41, 5.74) is 4.19. The van der Waals surface area contributed by atoms with Crippen LogP contribution < -0.4 is 0 Å². The van der Waals surface area contributed by atoms with Gasteiger partial charge in [-0.1, -0.05) is 0 Å². The maximum absolute atomic E-state index is 13.2. The van der Waals surface area contributed by atoms with Crippen molar-refractivity contribution in [2.24, 2.45) is 0 Å². The van der Waals surface area contributed by atoms with Crippen molar-refractivity contribution < 1.29 is 8.78 Å². The van der Waals surface area contributed by atoms with Gasteiger partial charge in [-0.15, -0.1) is 0 Å². The fraction of sp³-hybridized carbons (Fsp3) is 0. The van der Waals surface area contributed by atoms with E-state index >= 15 is 0 Å². The van der Waals surface area contributed by atoms with E-state index in [4.69, 9.17) is 0 Å². The lowest BCUT2D eigenvalue weighted by Gasteiger charge is -2.07. The molecular weight excluding hydrogens is 308 g/mol. The Hall–Kier alpha value is -3.21. The molecule has 0 aliphatic carbocycles. The number of hydrogen-bond acceptors (Lipinski definition) is 3. The van der Waals surface area contributed by atoms with E-state index in [0.29, 0.717) is 22.4 Å². The van der Waals surface area contributed by atoms with Crippen LogP contribution in [0.4, 0.5) is 8.78 Å². The van der Waals surface area contributed by atoms with Crippen LogP contribution in [0.25, 0.3) is 33.5 Å². The lowest BCUT2D eigenvalue weighted by Crippen LogP contribution is -1.94.